The molecule has 1 heterocycles. The minimum absolute atomic E-state index is 0.281. The molecule has 0 bridgehead atoms. The Kier molecular flexibility index (Phi) is 3.86. The van der Waals surface area contributed by atoms with E-state index in [1.165, 1.54) is 0 Å². The van der Waals surface area contributed by atoms with E-state index in [9.17, 15) is 10.1 Å². The molecule has 110 valence electrons. The SMILES string of the molecule is CC(C)(O)C(C)(C)Oc1ccc2c(c1)B(O)OC2CN. The first kappa shape index (κ1) is 15.3. The molecular weight excluding hydrogens is 257 g/mol. The van der Waals surface area contributed by atoms with Crippen molar-refractivity contribution in [1.82, 2.24) is 0 Å². The summed E-state index contributed by atoms with van der Waals surface area (Å²) in [6.45, 7) is 7.34. The van der Waals surface area contributed by atoms with Crippen LogP contribution >= 0.6 is 0 Å². The fraction of sp³-hybridized carbons (Fsp3) is 0.571. The summed E-state index contributed by atoms with van der Waals surface area (Å²) in [5.41, 5.74) is 5.40. The molecule has 1 aromatic carbocycles. The van der Waals surface area contributed by atoms with Crippen LogP contribution in [0.1, 0.15) is 39.4 Å². The number of ether oxygens (including phenoxy) is 1. The summed E-state index contributed by atoms with van der Waals surface area (Å²) in [6.07, 6.45) is -0.281. The Balaban J connectivity index is 2.27. The van der Waals surface area contributed by atoms with Gasteiger partial charge in [-0.2, -0.15) is 0 Å². The van der Waals surface area contributed by atoms with Gasteiger partial charge in [0.25, 0.3) is 0 Å². The van der Waals surface area contributed by atoms with Crippen molar-refractivity contribution in [2.75, 3.05) is 6.54 Å². The van der Waals surface area contributed by atoms with E-state index in [0.717, 1.165) is 5.56 Å². The first-order valence-electron chi connectivity index (χ1n) is 6.74. The topological polar surface area (TPSA) is 84.9 Å². The molecular formula is C14H22BNO4. The first-order valence-corrected chi connectivity index (χ1v) is 6.74. The Hall–Kier alpha value is -1.08. The van der Waals surface area contributed by atoms with Gasteiger partial charge in [0.05, 0.1) is 11.7 Å². The van der Waals surface area contributed by atoms with Crippen LogP contribution in [0.5, 0.6) is 5.75 Å². The summed E-state index contributed by atoms with van der Waals surface area (Å²) >= 11 is 0. The van der Waals surface area contributed by atoms with Crippen molar-refractivity contribution in [1.29, 1.82) is 0 Å². The van der Waals surface area contributed by atoms with Gasteiger partial charge in [-0.1, -0.05) is 6.07 Å². The zero-order valence-electron chi connectivity index (χ0n) is 12.4. The normalized spacial score (nSPS) is 19.1. The fourth-order valence-electron chi connectivity index (χ4n) is 2.03. The third-order valence-electron chi connectivity index (χ3n) is 4.02. The van der Waals surface area contributed by atoms with Crippen molar-refractivity contribution in [3.63, 3.8) is 0 Å². The lowest BCUT2D eigenvalue weighted by molar-refractivity contribution is -0.0906. The lowest BCUT2D eigenvalue weighted by atomic mass is 9.79. The van der Waals surface area contributed by atoms with Crippen molar-refractivity contribution >= 4 is 12.6 Å². The van der Waals surface area contributed by atoms with Crippen LogP contribution in [0, 0.1) is 0 Å². The standard InChI is InChI=1S/C14H22BNO4/c1-13(2,17)14(3,4)19-9-5-6-10-11(7-9)15(18)20-12(10)8-16/h5-7,12,17-18H,8,16H2,1-4H3. The third kappa shape index (κ3) is 2.69. The van der Waals surface area contributed by atoms with E-state index in [1.54, 1.807) is 26.0 Å². The molecule has 1 aliphatic rings. The molecule has 0 aliphatic carbocycles. The number of hydrogen-bond acceptors (Lipinski definition) is 5. The Bertz CT molecular complexity index is 498. The Morgan fingerprint density at radius 2 is 2.00 bits per heavy atom. The van der Waals surface area contributed by atoms with Gasteiger partial charge in [-0.3, -0.25) is 0 Å². The molecule has 1 aliphatic heterocycles. The molecule has 0 saturated heterocycles. The predicted molar refractivity (Wildman–Crippen MR) is 77.9 cm³/mol. The van der Waals surface area contributed by atoms with Gasteiger partial charge in [0.2, 0.25) is 0 Å². The molecule has 0 saturated carbocycles. The molecule has 20 heavy (non-hydrogen) atoms. The monoisotopic (exact) mass is 279 g/mol. The van der Waals surface area contributed by atoms with Crippen LogP contribution in [0.4, 0.5) is 0 Å². The largest absolute Gasteiger partial charge is 0.492 e. The number of nitrogens with two attached hydrogens (primary N) is 1. The van der Waals surface area contributed by atoms with Crippen molar-refractivity contribution in [3.8, 4) is 5.75 Å². The van der Waals surface area contributed by atoms with Gasteiger partial charge in [-0.15, -0.1) is 0 Å². The lowest BCUT2D eigenvalue weighted by Crippen LogP contribution is -2.49. The van der Waals surface area contributed by atoms with E-state index < -0.39 is 18.3 Å². The van der Waals surface area contributed by atoms with Crippen LogP contribution in [0.15, 0.2) is 18.2 Å². The summed E-state index contributed by atoms with van der Waals surface area (Å²) in [5, 5.41) is 20.0. The van der Waals surface area contributed by atoms with E-state index in [2.05, 4.69) is 0 Å². The van der Waals surface area contributed by atoms with Gasteiger partial charge in [0, 0.05) is 6.54 Å². The van der Waals surface area contributed by atoms with Gasteiger partial charge in [0.15, 0.2) is 0 Å². The Morgan fingerprint density at radius 1 is 1.35 bits per heavy atom. The van der Waals surface area contributed by atoms with E-state index in [1.807, 2.05) is 19.9 Å². The van der Waals surface area contributed by atoms with E-state index in [0.29, 0.717) is 17.8 Å². The van der Waals surface area contributed by atoms with Crippen LogP contribution in [0.25, 0.3) is 0 Å². The van der Waals surface area contributed by atoms with Crippen molar-refractivity contribution in [2.24, 2.45) is 5.73 Å². The maximum absolute atomic E-state index is 10.1. The summed E-state index contributed by atoms with van der Waals surface area (Å²) in [7, 11) is -0.979. The molecule has 6 heteroatoms. The second kappa shape index (κ2) is 5.04. The number of aliphatic hydroxyl groups is 1. The molecule has 1 atom stereocenters. The smallest absolute Gasteiger partial charge is 0.485 e. The van der Waals surface area contributed by atoms with Gasteiger partial charge in [-0.05, 0) is 50.9 Å². The second-order valence-electron chi connectivity index (χ2n) is 6.17. The Morgan fingerprint density at radius 3 is 2.55 bits per heavy atom. The number of benzene rings is 1. The average Bonchev–Trinajstić information content (AvgIpc) is 2.64. The maximum atomic E-state index is 10.1. The van der Waals surface area contributed by atoms with Gasteiger partial charge < -0.3 is 25.3 Å². The molecule has 1 unspecified atom stereocenters. The zero-order chi connectivity index (χ0) is 15.1. The summed E-state index contributed by atoms with van der Waals surface area (Å²) in [6, 6.07) is 5.39. The fourth-order valence-corrected chi connectivity index (χ4v) is 2.03. The molecule has 0 radical (unpaired) electrons. The highest BCUT2D eigenvalue weighted by Crippen LogP contribution is 2.30. The Labute approximate surface area is 119 Å². The lowest BCUT2D eigenvalue weighted by Gasteiger charge is -2.37. The average molecular weight is 279 g/mol. The van der Waals surface area contributed by atoms with Crippen molar-refractivity contribution in [2.45, 2.75) is 45.0 Å². The first-order chi connectivity index (χ1) is 9.15. The molecule has 0 spiro atoms. The minimum Gasteiger partial charge on any atom is -0.485 e. The second-order valence-corrected chi connectivity index (χ2v) is 6.17. The van der Waals surface area contributed by atoms with Gasteiger partial charge >= 0.3 is 7.12 Å². The minimum atomic E-state index is -0.999. The summed E-state index contributed by atoms with van der Waals surface area (Å²) in [5.74, 6) is 0.580. The number of fused-ring (bicyclic) bond motifs is 1. The van der Waals surface area contributed by atoms with Gasteiger partial charge in [-0.25, -0.2) is 0 Å². The summed E-state index contributed by atoms with van der Waals surface area (Å²) < 4.78 is 11.2. The highest BCUT2D eigenvalue weighted by Gasteiger charge is 2.39. The van der Waals surface area contributed by atoms with Crippen molar-refractivity contribution < 1.29 is 19.5 Å². The maximum Gasteiger partial charge on any atom is 0.492 e. The quantitative estimate of drug-likeness (QED) is 0.692. The van der Waals surface area contributed by atoms with Crippen LogP contribution in [0.2, 0.25) is 0 Å². The van der Waals surface area contributed by atoms with Crippen LogP contribution in [0.3, 0.4) is 0 Å². The third-order valence-corrected chi connectivity index (χ3v) is 4.02. The van der Waals surface area contributed by atoms with E-state index >= 15 is 0 Å². The van der Waals surface area contributed by atoms with Crippen molar-refractivity contribution in [3.05, 3.63) is 23.8 Å². The molecule has 0 fully saturated rings. The molecule has 0 amide bonds. The van der Waals surface area contributed by atoms with E-state index in [4.69, 9.17) is 15.1 Å². The molecule has 2 rings (SSSR count). The highest BCUT2D eigenvalue weighted by atomic mass is 16.5. The number of hydrogen-bond donors (Lipinski definition) is 3. The predicted octanol–water partition coefficient (Wildman–Crippen LogP) is 0.332. The number of rotatable bonds is 4. The summed E-state index contributed by atoms with van der Waals surface area (Å²) in [4.78, 5) is 0. The molecule has 5 nitrogen and oxygen atoms in total. The van der Waals surface area contributed by atoms with E-state index in [-0.39, 0.29) is 6.10 Å². The molecule has 4 N–H and O–H groups in total. The van der Waals surface area contributed by atoms with Crippen LogP contribution in [-0.2, 0) is 4.65 Å². The molecule has 0 aromatic heterocycles. The molecule has 1 aromatic rings. The van der Waals surface area contributed by atoms with Crippen LogP contribution in [-0.4, -0.2) is 35.0 Å². The van der Waals surface area contributed by atoms with Gasteiger partial charge in [0.1, 0.15) is 11.4 Å². The highest BCUT2D eigenvalue weighted by molar-refractivity contribution is 6.61. The zero-order valence-corrected chi connectivity index (χ0v) is 12.4. The van der Waals surface area contributed by atoms with Crippen LogP contribution < -0.4 is 15.9 Å².